The maximum atomic E-state index is 13.3. The number of rotatable bonds is 12. The number of para-hydroxylation sites is 3. The molecule has 1 atom stereocenters. The lowest BCUT2D eigenvalue weighted by Gasteiger charge is -2.35. The third-order valence-corrected chi connectivity index (χ3v) is 6.95. The van der Waals surface area contributed by atoms with Crippen molar-refractivity contribution in [1.82, 2.24) is 0 Å². The molecular formula is C34H37N3O5. The number of carbonyl (C=O) groups is 2. The van der Waals surface area contributed by atoms with E-state index < -0.39 is 17.6 Å². The Labute approximate surface area is 246 Å². The van der Waals surface area contributed by atoms with Gasteiger partial charge in [-0.05, 0) is 48.6 Å². The molecule has 0 saturated heterocycles. The van der Waals surface area contributed by atoms with E-state index >= 15 is 0 Å². The van der Waals surface area contributed by atoms with Crippen LogP contribution in [0.5, 0.6) is 5.75 Å². The fraction of sp³-hybridized carbons (Fsp3) is 0.235. The van der Waals surface area contributed by atoms with Crippen LogP contribution in [0.1, 0.15) is 38.4 Å². The number of carbonyl (C=O) groups excluding carboxylic acids is 2. The Kier molecular flexibility index (Phi) is 10.2. The van der Waals surface area contributed by atoms with E-state index in [2.05, 4.69) is 10.6 Å². The number of ether oxygens (including phenoxy) is 2. The zero-order valence-corrected chi connectivity index (χ0v) is 23.9. The van der Waals surface area contributed by atoms with E-state index in [0.717, 1.165) is 10.8 Å². The summed E-state index contributed by atoms with van der Waals surface area (Å²) in [6.45, 7) is 3.97. The van der Waals surface area contributed by atoms with Crippen molar-refractivity contribution >= 4 is 39.8 Å². The molecule has 4 rings (SSSR count). The third kappa shape index (κ3) is 7.89. The number of hydrogen-bond donors (Lipinski definition) is 4. The van der Waals surface area contributed by atoms with Gasteiger partial charge in [-0.1, -0.05) is 86.7 Å². The van der Waals surface area contributed by atoms with Gasteiger partial charge in [0.2, 0.25) is 5.91 Å². The summed E-state index contributed by atoms with van der Waals surface area (Å²) in [6, 6.07) is 27.9. The average molecular weight is 568 g/mol. The zero-order valence-electron chi connectivity index (χ0n) is 23.9. The maximum absolute atomic E-state index is 13.3. The van der Waals surface area contributed by atoms with Gasteiger partial charge in [0.15, 0.2) is 0 Å². The molecule has 0 aliphatic carbocycles. The van der Waals surface area contributed by atoms with Crippen LogP contribution in [0.15, 0.2) is 103 Å². The molecular weight excluding hydrogens is 530 g/mol. The summed E-state index contributed by atoms with van der Waals surface area (Å²) in [6.07, 6.45) is 3.10. The van der Waals surface area contributed by atoms with Crippen molar-refractivity contribution < 1.29 is 24.2 Å². The molecule has 0 aliphatic heterocycles. The minimum absolute atomic E-state index is 0.107. The molecule has 2 amide bonds. The molecule has 0 aromatic heterocycles. The summed E-state index contributed by atoms with van der Waals surface area (Å²) >= 11 is 0. The number of nitrogen functional groups attached to an aromatic ring is 1. The number of hydrogen-bond acceptors (Lipinski definition) is 6. The zero-order chi connectivity index (χ0) is 30.0. The van der Waals surface area contributed by atoms with Gasteiger partial charge in [-0.2, -0.15) is 0 Å². The van der Waals surface area contributed by atoms with Crippen LogP contribution in [0.2, 0.25) is 0 Å². The van der Waals surface area contributed by atoms with E-state index in [-0.39, 0.29) is 19.1 Å². The molecule has 0 aliphatic rings. The van der Waals surface area contributed by atoms with Crippen LogP contribution in [0.25, 0.3) is 10.8 Å². The molecule has 0 fully saturated rings. The molecule has 0 heterocycles. The van der Waals surface area contributed by atoms with Crippen molar-refractivity contribution in [2.24, 2.45) is 5.41 Å². The number of allylic oxidation sites excluding steroid dienone is 1. The van der Waals surface area contributed by atoms with E-state index in [0.29, 0.717) is 41.2 Å². The first-order valence-electron chi connectivity index (χ1n) is 13.9. The minimum Gasteiger partial charge on any atom is -0.491 e. The maximum Gasteiger partial charge on any atom is 0.412 e. The van der Waals surface area contributed by atoms with E-state index in [1.165, 1.54) is 6.08 Å². The van der Waals surface area contributed by atoms with Crippen LogP contribution in [0.3, 0.4) is 0 Å². The first kappa shape index (κ1) is 30.1. The van der Waals surface area contributed by atoms with Crippen molar-refractivity contribution in [2.45, 2.75) is 32.8 Å². The first-order valence-corrected chi connectivity index (χ1v) is 13.9. The highest BCUT2D eigenvalue weighted by Crippen LogP contribution is 2.44. The van der Waals surface area contributed by atoms with Gasteiger partial charge < -0.3 is 25.6 Å². The Morgan fingerprint density at radius 2 is 1.60 bits per heavy atom. The second-order valence-corrected chi connectivity index (χ2v) is 10.6. The number of aliphatic hydroxyl groups excluding tert-OH is 1. The second-order valence-electron chi connectivity index (χ2n) is 10.6. The lowest BCUT2D eigenvalue weighted by Crippen LogP contribution is -2.29. The Morgan fingerprint density at radius 1 is 0.905 bits per heavy atom. The first-order chi connectivity index (χ1) is 20.3. The van der Waals surface area contributed by atoms with Gasteiger partial charge in [-0.3, -0.25) is 10.1 Å². The van der Waals surface area contributed by atoms with Crippen LogP contribution in [0, 0.1) is 5.41 Å². The molecule has 0 bridgehead atoms. The number of fused-ring (bicyclic) bond motifs is 1. The number of nitrogens with two attached hydrogens (primary N) is 1. The lowest BCUT2D eigenvalue weighted by atomic mass is 9.78. The smallest absolute Gasteiger partial charge is 0.412 e. The summed E-state index contributed by atoms with van der Waals surface area (Å²) in [5.41, 5.74) is 7.72. The predicted molar refractivity (Wildman–Crippen MR) is 167 cm³/mol. The summed E-state index contributed by atoms with van der Waals surface area (Å²) in [7, 11) is 0. The number of nitrogens with one attached hydrogen (secondary N) is 2. The number of anilines is 3. The summed E-state index contributed by atoms with van der Waals surface area (Å²) in [4.78, 5) is 25.8. The summed E-state index contributed by atoms with van der Waals surface area (Å²) in [5, 5.41) is 16.9. The topological polar surface area (TPSA) is 123 Å². The van der Waals surface area contributed by atoms with E-state index in [1.807, 2.05) is 74.5 Å². The van der Waals surface area contributed by atoms with Crippen molar-refractivity contribution in [3.63, 3.8) is 0 Å². The average Bonchev–Trinajstić information content (AvgIpc) is 2.98. The Balaban J connectivity index is 1.51. The quantitative estimate of drug-likeness (QED) is 0.107. The molecule has 0 unspecified atom stereocenters. The van der Waals surface area contributed by atoms with E-state index in [9.17, 15) is 14.7 Å². The monoisotopic (exact) mass is 567 g/mol. The summed E-state index contributed by atoms with van der Waals surface area (Å²) < 4.78 is 11.9. The standard InChI is InChI=1S/C34H37N3O5/c1-34(2,21-10-9-20-31(39)36-29-17-7-6-16-27(29)35)32(26-15-5-8-19-30(26)41-23-22-38)42-33(40)37-28-18-11-13-24-12-3-4-14-25(24)28/h3-9,11-20,32,38H,10,21-23,35H2,1-2H3,(H,36,39)(H,37,40)/b20-9+/t32-/m1/s1. The van der Waals surface area contributed by atoms with Crippen molar-refractivity contribution in [3.05, 3.63) is 109 Å². The molecule has 4 aromatic rings. The predicted octanol–water partition coefficient (Wildman–Crippen LogP) is 7.08. The summed E-state index contributed by atoms with van der Waals surface area (Å²) in [5.74, 6) is 0.244. The van der Waals surface area contributed by atoms with Gasteiger partial charge in [0.05, 0.1) is 23.7 Å². The molecule has 5 N–H and O–H groups in total. The van der Waals surface area contributed by atoms with Crippen molar-refractivity contribution in [1.29, 1.82) is 0 Å². The van der Waals surface area contributed by atoms with Crippen LogP contribution >= 0.6 is 0 Å². The fourth-order valence-electron chi connectivity index (χ4n) is 4.77. The van der Waals surface area contributed by atoms with Crippen molar-refractivity contribution in [2.75, 3.05) is 29.6 Å². The molecule has 42 heavy (non-hydrogen) atoms. The Bertz CT molecular complexity index is 1540. The van der Waals surface area contributed by atoms with Crippen LogP contribution in [-0.4, -0.2) is 30.3 Å². The third-order valence-electron chi connectivity index (χ3n) is 6.95. The molecule has 0 radical (unpaired) electrons. The number of amides is 2. The van der Waals surface area contributed by atoms with Gasteiger partial charge >= 0.3 is 6.09 Å². The minimum atomic E-state index is -0.700. The molecule has 4 aromatic carbocycles. The molecule has 0 spiro atoms. The van der Waals surface area contributed by atoms with Gasteiger partial charge in [0.1, 0.15) is 18.5 Å². The van der Waals surface area contributed by atoms with E-state index in [1.54, 1.807) is 36.4 Å². The highest BCUT2D eigenvalue weighted by molar-refractivity contribution is 6.01. The molecule has 8 nitrogen and oxygen atoms in total. The molecule has 8 heteroatoms. The van der Waals surface area contributed by atoms with Crippen LogP contribution < -0.4 is 21.1 Å². The number of aliphatic hydroxyl groups is 1. The van der Waals surface area contributed by atoms with Gasteiger partial charge in [-0.25, -0.2) is 4.79 Å². The normalized spacial score (nSPS) is 12.2. The van der Waals surface area contributed by atoms with Crippen molar-refractivity contribution in [3.8, 4) is 5.75 Å². The van der Waals surface area contributed by atoms with E-state index in [4.69, 9.17) is 15.2 Å². The highest BCUT2D eigenvalue weighted by Gasteiger charge is 2.36. The number of benzene rings is 4. The van der Waals surface area contributed by atoms with Crippen LogP contribution in [-0.2, 0) is 9.53 Å². The van der Waals surface area contributed by atoms with Gasteiger partial charge in [0, 0.05) is 16.4 Å². The Hall–Kier alpha value is -4.82. The fourth-order valence-corrected chi connectivity index (χ4v) is 4.77. The largest absolute Gasteiger partial charge is 0.491 e. The highest BCUT2D eigenvalue weighted by atomic mass is 16.6. The Morgan fingerprint density at radius 3 is 2.40 bits per heavy atom. The molecule has 218 valence electrons. The van der Waals surface area contributed by atoms with Crippen LogP contribution in [0.4, 0.5) is 21.9 Å². The van der Waals surface area contributed by atoms with Gasteiger partial charge in [0.25, 0.3) is 0 Å². The van der Waals surface area contributed by atoms with Gasteiger partial charge in [-0.15, -0.1) is 0 Å². The SMILES string of the molecule is CC(C)(CC/C=C/C(=O)Nc1ccccc1N)[C@H](OC(=O)Nc1cccc2ccccc12)c1ccccc1OCCO. The lowest BCUT2D eigenvalue weighted by molar-refractivity contribution is -0.111. The molecule has 0 saturated carbocycles. The second kappa shape index (κ2) is 14.2.